The number of rotatable bonds is 5. The molecule has 8 heteroatoms. The molecule has 0 aliphatic heterocycles. The topological polar surface area (TPSA) is 59.8 Å². The molecule has 0 aliphatic rings. The molecule has 1 heterocycles. The number of carbonyl (C=O) groups excluding carboxylic acids is 1. The van der Waals surface area contributed by atoms with Gasteiger partial charge in [0.1, 0.15) is 6.33 Å². The van der Waals surface area contributed by atoms with Gasteiger partial charge in [-0.3, -0.25) is 9.36 Å². The predicted octanol–water partition coefficient (Wildman–Crippen LogP) is 4.95. The molecule has 0 unspecified atom stereocenters. The molecule has 0 atom stereocenters. The van der Waals surface area contributed by atoms with Crippen LogP contribution < -0.4 is 5.32 Å². The third kappa shape index (κ3) is 4.46. The molecule has 0 radical (unpaired) electrons. The standard InChI is InChI=1S/C18H14Cl2N4OS/c1-26-18-23-21-11-24(18)14-4-2-3-13(10-14)22-17(25)8-6-12-5-7-15(19)16(20)9-12/h2-11H,1H3,(H,22,25)/b8-6+. The van der Waals surface area contributed by atoms with Crippen LogP contribution in [0.15, 0.2) is 60.0 Å². The number of hydrogen-bond donors (Lipinski definition) is 1. The largest absolute Gasteiger partial charge is 0.322 e. The second kappa shape index (κ2) is 8.40. The van der Waals surface area contributed by atoms with Gasteiger partial charge in [0, 0.05) is 11.8 Å². The van der Waals surface area contributed by atoms with Crippen LogP contribution in [-0.2, 0) is 4.79 Å². The Hall–Kier alpha value is -2.28. The van der Waals surface area contributed by atoms with E-state index in [2.05, 4.69) is 15.5 Å². The van der Waals surface area contributed by atoms with Crippen LogP contribution in [0.5, 0.6) is 0 Å². The summed E-state index contributed by atoms with van der Waals surface area (Å²) in [5.74, 6) is -0.248. The van der Waals surface area contributed by atoms with Crippen LogP contribution in [0.1, 0.15) is 5.56 Å². The van der Waals surface area contributed by atoms with Crippen LogP contribution in [0.3, 0.4) is 0 Å². The smallest absolute Gasteiger partial charge is 0.248 e. The summed E-state index contributed by atoms with van der Waals surface area (Å²) >= 11 is 13.3. The van der Waals surface area contributed by atoms with Gasteiger partial charge in [-0.1, -0.05) is 47.1 Å². The summed E-state index contributed by atoms with van der Waals surface area (Å²) in [4.78, 5) is 12.2. The van der Waals surface area contributed by atoms with Crippen molar-refractivity contribution in [2.24, 2.45) is 0 Å². The summed E-state index contributed by atoms with van der Waals surface area (Å²) in [6.45, 7) is 0. The van der Waals surface area contributed by atoms with Crippen molar-refractivity contribution in [3.8, 4) is 5.69 Å². The van der Waals surface area contributed by atoms with E-state index in [1.165, 1.54) is 17.8 Å². The van der Waals surface area contributed by atoms with E-state index in [1.807, 2.05) is 35.1 Å². The van der Waals surface area contributed by atoms with Gasteiger partial charge < -0.3 is 5.32 Å². The van der Waals surface area contributed by atoms with Crippen molar-refractivity contribution in [2.75, 3.05) is 11.6 Å². The molecular weight excluding hydrogens is 391 g/mol. The van der Waals surface area contributed by atoms with E-state index in [0.717, 1.165) is 16.4 Å². The van der Waals surface area contributed by atoms with Gasteiger partial charge in [0.2, 0.25) is 5.91 Å². The Balaban J connectivity index is 1.72. The minimum atomic E-state index is -0.248. The molecule has 5 nitrogen and oxygen atoms in total. The molecule has 0 bridgehead atoms. The van der Waals surface area contributed by atoms with E-state index in [9.17, 15) is 4.79 Å². The van der Waals surface area contributed by atoms with Crippen molar-refractivity contribution in [3.05, 3.63) is 70.5 Å². The molecule has 0 spiro atoms. The molecule has 2 aromatic carbocycles. The van der Waals surface area contributed by atoms with E-state index < -0.39 is 0 Å². The first-order chi connectivity index (χ1) is 12.6. The van der Waals surface area contributed by atoms with Crippen molar-refractivity contribution >= 4 is 52.6 Å². The Labute approximate surface area is 165 Å². The van der Waals surface area contributed by atoms with Crippen molar-refractivity contribution in [2.45, 2.75) is 5.16 Å². The van der Waals surface area contributed by atoms with E-state index >= 15 is 0 Å². The monoisotopic (exact) mass is 404 g/mol. The van der Waals surface area contributed by atoms with Crippen molar-refractivity contribution in [3.63, 3.8) is 0 Å². The summed E-state index contributed by atoms with van der Waals surface area (Å²) in [5.41, 5.74) is 2.33. The molecule has 0 fully saturated rings. The van der Waals surface area contributed by atoms with Gasteiger partial charge in [-0.05, 0) is 48.2 Å². The normalized spacial score (nSPS) is 11.0. The number of benzene rings is 2. The van der Waals surface area contributed by atoms with E-state index in [0.29, 0.717) is 15.7 Å². The molecule has 26 heavy (non-hydrogen) atoms. The lowest BCUT2D eigenvalue weighted by Gasteiger charge is -2.08. The number of thioether (sulfide) groups is 1. The SMILES string of the molecule is CSc1nncn1-c1cccc(NC(=O)/C=C/c2ccc(Cl)c(Cl)c2)c1. The lowest BCUT2D eigenvalue weighted by molar-refractivity contribution is -0.111. The summed E-state index contributed by atoms with van der Waals surface area (Å²) < 4.78 is 1.85. The molecule has 0 saturated heterocycles. The Bertz CT molecular complexity index is 971. The van der Waals surface area contributed by atoms with Crippen LogP contribution in [0, 0.1) is 0 Å². The summed E-state index contributed by atoms with van der Waals surface area (Å²) in [6.07, 6.45) is 6.68. The second-order valence-electron chi connectivity index (χ2n) is 5.23. The van der Waals surface area contributed by atoms with Crippen LogP contribution in [-0.4, -0.2) is 26.9 Å². The summed E-state index contributed by atoms with van der Waals surface area (Å²) in [6, 6.07) is 12.6. The maximum Gasteiger partial charge on any atom is 0.248 e. The molecule has 0 aliphatic carbocycles. The van der Waals surface area contributed by atoms with Crippen molar-refractivity contribution < 1.29 is 4.79 Å². The zero-order chi connectivity index (χ0) is 18.5. The molecule has 1 aromatic heterocycles. The maximum absolute atomic E-state index is 12.2. The van der Waals surface area contributed by atoms with Crippen molar-refractivity contribution in [1.29, 1.82) is 0 Å². The summed E-state index contributed by atoms with van der Waals surface area (Å²) in [5, 5.41) is 12.5. The Morgan fingerprint density at radius 1 is 1.19 bits per heavy atom. The number of hydrogen-bond acceptors (Lipinski definition) is 4. The van der Waals surface area contributed by atoms with Gasteiger partial charge >= 0.3 is 0 Å². The second-order valence-corrected chi connectivity index (χ2v) is 6.82. The molecule has 132 valence electrons. The first kappa shape index (κ1) is 18.5. The minimum absolute atomic E-state index is 0.248. The first-order valence-corrected chi connectivity index (χ1v) is 9.53. The van der Waals surface area contributed by atoms with Gasteiger partial charge in [-0.25, -0.2) is 0 Å². The van der Waals surface area contributed by atoms with E-state index in [1.54, 1.807) is 30.6 Å². The molecule has 3 aromatic rings. The van der Waals surface area contributed by atoms with Crippen LogP contribution in [0.4, 0.5) is 5.69 Å². The number of aromatic nitrogens is 3. The predicted molar refractivity (Wildman–Crippen MR) is 107 cm³/mol. The number of nitrogens with one attached hydrogen (secondary N) is 1. The van der Waals surface area contributed by atoms with Gasteiger partial charge in [-0.15, -0.1) is 10.2 Å². The average Bonchev–Trinajstić information content (AvgIpc) is 3.12. The maximum atomic E-state index is 12.2. The van der Waals surface area contributed by atoms with Crippen LogP contribution >= 0.6 is 35.0 Å². The quantitative estimate of drug-likeness (QED) is 0.482. The lowest BCUT2D eigenvalue weighted by Crippen LogP contribution is -2.08. The highest BCUT2D eigenvalue weighted by Crippen LogP contribution is 2.23. The Morgan fingerprint density at radius 2 is 2.04 bits per heavy atom. The zero-order valence-electron chi connectivity index (χ0n) is 13.7. The summed E-state index contributed by atoms with van der Waals surface area (Å²) in [7, 11) is 0. The lowest BCUT2D eigenvalue weighted by atomic mass is 10.2. The molecule has 3 rings (SSSR count). The van der Waals surface area contributed by atoms with Crippen LogP contribution in [0.2, 0.25) is 10.0 Å². The van der Waals surface area contributed by atoms with Gasteiger partial charge in [-0.2, -0.15) is 0 Å². The highest BCUT2D eigenvalue weighted by Gasteiger charge is 2.06. The molecule has 1 N–H and O–H groups in total. The fraction of sp³-hybridized carbons (Fsp3) is 0.0556. The number of nitrogens with zero attached hydrogens (tertiary/aromatic N) is 3. The molecule has 1 amide bonds. The Morgan fingerprint density at radius 3 is 2.81 bits per heavy atom. The Kier molecular flexibility index (Phi) is 5.98. The fourth-order valence-corrected chi connectivity index (χ4v) is 3.03. The van der Waals surface area contributed by atoms with E-state index in [-0.39, 0.29) is 5.91 Å². The van der Waals surface area contributed by atoms with Gasteiger partial charge in [0.15, 0.2) is 5.16 Å². The third-order valence-corrected chi connectivity index (χ3v) is 4.84. The highest BCUT2D eigenvalue weighted by atomic mass is 35.5. The fourth-order valence-electron chi connectivity index (χ4n) is 2.25. The number of amides is 1. The van der Waals surface area contributed by atoms with Gasteiger partial charge in [0.25, 0.3) is 0 Å². The average molecular weight is 405 g/mol. The van der Waals surface area contributed by atoms with Crippen LogP contribution in [0.25, 0.3) is 11.8 Å². The number of halogens is 2. The number of carbonyl (C=O) groups is 1. The van der Waals surface area contributed by atoms with E-state index in [4.69, 9.17) is 23.2 Å². The van der Waals surface area contributed by atoms with Crippen molar-refractivity contribution in [1.82, 2.24) is 14.8 Å². The van der Waals surface area contributed by atoms with Gasteiger partial charge in [0.05, 0.1) is 15.7 Å². The molecule has 0 saturated carbocycles. The highest BCUT2D eigenvalue weighted by molar-refractivity contribution is 7.98. The third-order valence-electron chi connectivity index (χ3n) is 3.46. The first-order valence-electron chi connectivity index (χ1n) is 7.55. The zero-order valence-corrected chi connectivity index (χ0v) is 16.0. The molecular formula is C18H14Cl2N4OS. The number of anilines is 1. The minimum Gasteiger partial charge on any atom is -0.322 e.